The van der Waals surface area contributed by atoms with Crippen LogP contribution in [0, 0.1) is 0 Å². The Balaban J connectivity index is 1.79. The molecule has 2 aliphatic heterocycles. The van der Waals surface area contributed by atoms with Gasteiger partial charge in [0.05, 0.1) is 6.61 Å². The Labute approximate surface area is 144 Å². The fraction of sp³-hybridized carbons (Fsp3) is 0.533. The zero-order valence-electron chi connectivity index (χ0n) is 12.1. The molecule has 2 saturated heterocycles. The SMILES string of the molecule is O=C(CCl)O[C@@H]1[C@@H](O)[C@H](S)O[C@@H]2COC(c3ccccc3)O[C@H]12. The number of carbonyl (C=O) groups excluding carboxylic acids is 1. The summed E-state index contributed by atoms with van der Waals surface area (Å²) in [5.41, 5.74) is 0.0284. The van der Waals surface area contributed by atoms with Crippen molar-refractivity contribution in [2.45, 2.75) is 36.1 Å². The molecule has 1 aromatic carbocycles. The van der Waals surface area contributed by atoms with Crippen molar-refractivity contribution in [3.8, 4) is 0 Å². The number of hydrogen-bond donors (Lipinski definition) is 2. The molecular formula is C15H17ClO6S. The third-order valence-corrected chi connectivity index (χ3v) is 4.42. The van der Waals surface area contributed by atoms with Crippen molar-refractivity contribution in [2.24, 2.45) is 0 Å². The number of rotatable bonds is 3. The molecule has 0 saturated carbocycles. The number of fused-ring (bicyclic) bond motifs is 1. The number of thiol groups is 1. The number of esters is 1. The summed E-state index contributed by atoms with van der Waals surface area (Å²) >= 11 is 9.65. The maximum atomic E-state index is 11.5. The van der Waals surface area contributed by atoms with Gasteiger partial charge >= 0.3 is 5.97 Å². The quantitative estimate of drug-likeness (QED) is 0.480. The fourth-order valence-electron chi connectivity index (χ4n) is 2.67. The lowest BCUT2D eigenvalue weighted by atomic mass is 9.98. The van der Waals surface area contributed by atoms with Gasteiger partial charge in [0.1, 0.15) is 29.6 Å². The first-order valence-electron chi connectivity index (χ1n) is 7.19. The summed E-state index contributed by atoms with van der Waals surface area (Å²) in [5.74, 6) is -0.944. The Morgan fingerprint density at radius 2 is 2.09 bits per heavy atom. The predicted molar refractivity (Wildman–Crippen MR) is 84.3 cm³/mol. The highest BCUT2D eigenvalue weighted by Crippen LogP contribution is 2.36. The summed E-state index contributed by atoms with van der Waals surface area (Å²) in [6, 6.07) is 9.36. The number of aliphatic hydroxyl groups is 1. The van der Waals surface area contributed by atoms with Crippen LogP contribution in [-0.4, -0.2) is 53.4 Å². The first-order valence-corrected chi connectivity index (χ1v) is 8.24. The van der Waals surface area contributed by atoms with Gasteiger partial charge in [-0.1, -0.05) is 30.3 Å². The van der Waals surface area contributed by atoms with Crippen molar-refractivity contribution >= 4 is 30.2 Å². The van der Waals surface area contributed by atoms with Crippen LogP contribution in [0.4, 0.5) is 0 Å². The largest absolute Gasteiger partial charge is 0.456 e. The molecule has 0 radical (unpaired) electrons. The van der Waals surface area contributed by atoms with Crippen LogP contribution in [0.3, 0.4) is 0 Å². The molecule has 6 atom stereocenters. The number of carbonyl (C=O) groups is 1. The lowest BCUT2D eigenvalue weighted by Crippen LogP contribution is -2.61. The van der Waals surface area contributed by atoms with E-state index in [-0.39, 0.29) is 12.5 Å². The van der Waals surface area contributed by atoms with E-state index in [9.17, 15) is 9.90 Å². The third kappa shape index (κ3) is 3.65. The van der Waals surface area contributed by atoms with Crippen LogP contribution in [0.25, 0.3) is 0 Å². The Bertz CT molecular complexity index is 544. The summed E-state index contributed by atoms with van der Waals surface area (Å²) in [6.45, 7) is 0.239. The van der Waals surface area contributed by atoms with Crippen LogP contribution < -0.4 is 0 Å². The molecule has 2 aliphatic rings. The van der Waals surface area contributed by atoms with E-state index >= 15 is 0 Å². The molecule has 126 valence electrons. The first-order chi connectivity index (χ1) is 11.1. The van der Waals surface area contributed by atoms with E-state index in [4.69, 9.17) is 30.5 Å². The Hall–Kier alpha value is -0.830. The molecule has 0 aliphatic carbocycles. The molecule has 23 heavy (non-hydrogen) atoms. The van der Waals surface area contributed by atoms with E-state index in [1.54, 1.807) is 0 Å². The van der Waals surface area contributed by atoms with E-state index in [1.807, 2.05) is 30.3 Å². The maximum absolute atomic E-state index is 11.5. The number of ether oxygens (including phenoxy) is 4. The molecule has 6 nitrogen and oxygen atoms in total. The van der Waals surface area contributed by atoms with Gasteiger partial charge in [0.2, 0.25) is 0 Å². The minimum Gasteiger partial charge on any atom is -0.456 e. The van der Waals surface area contributed by atoms with Gasteiger partial charge in [-0.3, -0.25) is 4.79 Å². The topological polar surface area (TPSA) is 74.2 Å². The molecule has 1 N–H and O–H groups in total. The first kappa shape index (κ1) is 17.0. The van der Waals surface area contributed by atoms with Crippen molar-refractivity contribution in [3.05, 3.63) is 35.9 Å². The minimum atomic E-state index is -1.12. The molecule has 1 unspecified atom stereocenters. The Morgan fingerprint density at radius 1 is 1.35 bits per heavy atom. The average Bonchev–Trinajstić information content (AvgIpc) is 2.59. The van der Waals surface area contributed by atoms with E-state index in [0.29, 0.717) is 0 Å². The number of halogens is 1. The molecule has 2 heterocycles. The number of aliphatic hydroxyl groups excluding tert-OH is 1. The molecular weight excluding hydrogens is 344 g/mol. The van der Waals surface area contributed by atoms with Crippen LogP contribution in [0.15, 0.2) is 30.3 Å². The van der Waals surface area contributed by atoms with Gasteiger partial charge in [-0.25, -0.2) is 0 Å². The van der Waals surface area contributed by atoms with Crippen molar-refractivity contribution in [3.63, 3.8) is 0 Å². The zero-order chi connectivity index (χ0) is 16.4. The number of benzene rings is 1. The molecule has 2 fully saturated rings. The van der Waals surface area contributed by atoms with Crippen LogP contribution >= 0.6 is 24.2 Å². The van der Waals surface area contributed by atoms with Crippen molar-refractivity contribution in [1.29, 1.82) is 0 Å². The highest BCUT2D eigenvalue weighted by molar-refractivity contribution is 7.80. The summed E-state index contributed by atoms with van der Waals surface area (Å²) in [4.78, 5) is 11.5. The zero-order valence-corrected chi connectivity index (χ0v) is 13.7. The number of hydrogen-bond acceptors (Lipinski definition) is 7. The lowest BCUT2D eigenvalue weighted by Gasteiger charge is -2.46. The highest BCUT2D eigenvalue weighted by atomic mass is 35.5. The summed E-state index contributed by atoms with van der Waals surface area (Å²) in [5, 5.41) is 10.2. The molecule has 0 amide bonds. The van der Waals surface area contributed by atoms with E-state index in [0.717, 1.165) is 5.56 Å². The second-order valence-corrected chi connectivity index (χ2v) is 6.10. The normalized spacial score (nSPS) is 37.0. The highest BCUT2D eigenvalue weighted by Gasteiger charge is 2.50. The summed E-state index contributed by atoms with van der Waals surface area (Å²) in [7, 11) is 0. The second kappa shape index (κ2) is 7.38. The van der Waals surface area contributed by atoms with Gasteiger partial charge in [0.15, 0.2) is 12.4 Å². The van der Waals surface area contributed by atoms with E-state index in [2.05, 4.69) is 12.6 Å². The molecule has 8 heteroatoms. The van der Waals surface area contributed by atoms with Gasteiger partial charge in [0.25, 0.3) is 0 Å². The van der Waals surface area contributed by atoms with Crippen molar-refractivity contribution in [2.75, 3.05) is 12.5 Å². The van der Waals surface area contributed by atoms with Gasteiger partial charge in [-0.2, -0.15) is 0 Å². The molecule has 0 aromatic heterocycles. The molecule has 0 bridgehead atoms. The van der Waals surface area contributed by atoms with Crippen LogP contribution in [-0.2, 0) is 23.7 Å². The summed E-state index contributed by atoms with van der Waals surface area (Å²) < 4.78 is 22.4. The van der Waals surface area contributed by atoms with E-state index in [1.165, 1.54) is 0 Å². The van der Waals surface area contributed by atoms with Crippen molar-refractivity contribution < 1.29 is 28.8 Å². The van der Waals surface area contributed by atoms with Crippen LogP contribution in [0.2, 0.25) is 0 Å². The summed E-state index contributed by atoms with van der Waals surface area (Å²) in [6.07, 6.45) is -3.82. The Morgan fingerprint density at radius 3 is 2.78 bits per heavy atom. The predicted octanol–water partition coefficient (Wildman–Crippen LogP) is 1.27. The van der Waals surface area contributed by atoms with Crippen LogP contribution in [0.1, 0.15) is 11.9 Å². The molecule has 1 aromatic rings. The Kier molecular flexibility index (Phi) is 5.45. The molecule has 3 rings (SSSR count). The van der Waals surface area contributed by atoms with Gasteiger partial charge in [-0.15, -0.1) is 24.2 Å². The molecule has 0 spiro atoms. The standard InChI is InChI=1S/C15H17ClO6S/c16-6-10(17)21-13-11(18)15(23)20-9-7-19-14(22-12(9)13)8-4-2-1-3-5-8/h1-5,9,11-15,18,23H,6-7H2/t9-,11-,12+,13-,14?,15+/m1/s1. The fourth-order valence-corrected chi connectivity index (χ4v) is 3.06. The maximum Gasteiger partial charge on any atom is 0.321 e. The van der Waals surface area contributed by atoms with E-state index < -0.39 is 42.1 Å². The average molecular weight is 361 g/mol. The second-order valence-electron chi connectivity index (χ2n) is 5.32. The van der Waals surface area contributed by atoms with Gasteiger partial charge in [-0.05, 0) is 0 Å². The smallest absolute Gasteiger partial charge is 0.321 e. The van der Waals surface area contributed by atoms with Gasteiger partial charge < -0.3 is 24.1 Å². The van der Waals surface area contributed by atoms with Crippen molar-refractivity contribution in [1.82, 2.24) is 0 Å². The third-order valence-electron chi connectivity index (χ3n) is 3.77. The number of alkyl halides is 1. The lowest BCUT2D eigenvalue weighted by molar-refractivity contribution is -0.319. The minimum absolute atomic E-state index is 0.239. The monoisotopic (exact) mass is 360 g/mol. The van der Waals surface area contributed by atoms with Crippen LogP contribution in [0.5, 0.6) is 0 Å². The van der Waals surface area contributed by atoms with Gasteiger partial charge in [0, 0.05) is 5.56 Å².